The van der Waals surface area contributed by atoms with Crippen LogP contribution in [0.15, 0.2) is 10.9 Å². The first-order valence-electron chi connectivity index (χ1n) is 6.15. The minimum Gasteiger partial charge on any atom is -0.394 e. The van der Waals surface area contributed by atoms with E-state index in [9.17, 15) is 25.2 Å². The first kappa shape index (κ1) is 15.5. The Hall–Kier alpha value is -1.85. The Bertz CT molecular complexity index is 683. The summed E-state index contributed by atoms with van der Waals surface area (Å²) in [5, 5.41) is 54.9. The van der Waals surface area contributed by atoms with E-state index in [4.69, 9.17) is 5.11 Å². The van der Waals surface area contributed by atoms with Crippen LogP contribution in [0, 0.1) is 6.92 Å². The number of aromatic nitrogens is 4. The van der Waals surface area contributed by atoms with Crippen molar-refractivity contribution in [3.05, 3.63) is 27.9 Å². The third-order valence-corrected chi connectivity index (χ3v) is 3.14. The molecule has 0 fully saturated rings. The molecule has 2 rings (SSSR count). The van der Waals surface area contributed by atoms with Crippen LogP contribution in [0.25, 0.3) is 5.78 Å². The van der Waals surface area contributed by atoms with Gasteiger partial charge in [0.05, 0.1) is 6.61 Å². The summed E-state index contributed by atoms with van der Waals surface area (Å²) in [6, 6.07) is 1.25. The van der Waals surface area contributed by atoms with Gasteiger partial charge in [-0.25, -0.2) is 0 Å². The van der Waals surface area contributed by atoms with Crippen molar-refractivity contribution in [2.45, 2.75) is 31.3 Å². The van der Waals surface area contributed by atoms with Gasteiger partial charge in [-0.05, 0) is 6.92 Å². The van der Waals surface area contributed by atoms with Crippen LogP contribution in [-0.2, 0) is 0 Å². The van der Waals surface area contributed by atoms with Crippen LogP contribution < -0.4 is 5.56 Å². The smallest absolute Gasteiger partial charge is 0.252 e. The second-order valence-electron chi connectivity index (χ2n) is 4.67. The van der Waals surface area contributed by atoms with Gasteiger partial charge in [0.25, 0.3) is 5.56 Å². The van der Waals surface area contributed by atoms with Gasteiger partial charge in [-0.3, -0.25) is 14.2 Å². The molecule has 0 aliphatic heterocycles. The third-order valence-electron chi connectivity index (χ3n) is 3.14. The maximum atomic E-state index is 11.3. The molecule has 21 heavy (non-hydrogen) atoms. The summed E-state index contributed by atoms with van der Waals surface area (Å²) in [6.45, 7) is 0.797. The lowest BCUT2D eigenvalue weighted by Gasteiger charge is -2.24. The molecule has 0 aromatic carbocycles. The van der Waals surface area contributed by atoms with Gasteiger partial charge >= 0.3 is 0 Å². The zero-order valence-electron chi connectivity index (χ0n) is 11.1. The summed E-state index contributed by atoms with van der Waals surface area (Å²) in [7, 11) is 0. The number of aliphatic hydroxyl groups is 5. The van der Waals surface area contributed by atoms with Gasteiger partial charge in [0, 0.05) is 11.8 Å². The Morgan fingerprint density at radius 3 is 2.52 bits per heavy atom. The van der Waals surface area contributed by atoms with E-state index in [2.05, 4.69) is 15.2 Å². The molecule has 0 aliphatic rings. The van der Waals surface area contributed by atoms with Gasteiger partial charge in [-0.1, -0.05) is 0 Å². The number of aromatic amines is 1. The van der Waals surface area contributed by atoms with E-state index in [1.165, 1.54) is 10.5 Å². The van der Waals surface area contributed by atoms with Crippen molar-refractivity contribution < 1.29 is 25.5 Å². The maximum absolute atomic E-state index is 11.3. The standard InChI is InChI=1S/C11H16N4O6/c1-4-2-6(18)12-11-14-13-10(15(4)11)9(21)8(20)7(19)5(17)3-16/h2,5,7-9,16-17,19-21H,3H2,1H3,(H,12,14,18)/t5-,7+,8+,9-/m1/s1. The highest BCUT2D eigenvalue weighted by molar-refractivity contribution is 5.30. The van der Waals surface area contributed by atoms with Gasteiger partial charge in [-0.15, -0.1) is 10.2 Å². The lowest BCUT2D eigenvalue weighted by Crippen LogP contribution is -2.43. The van der Waals surface area contributed by atoms with Crippen LogP contribution in [-0.4, -0.2) is 70.0 Å². The molecule has 0 bridgehead atoms. The summed E-state index contributed by atoms with van der Waals surface area (Å²) < 4.78 is 1.30. The molecule has 2 aromatic heterocycles. The summed E-state index contributed by atoms with van der Waals surface area (Å²) >= 11 is 0. The van der Waals surface area contributed by atoms with E-state index in [0.717, 1.165) is 0 Å². The van der Waals surface area contributed by atoms with E-state index in [0.29, 0.717) is 5.69 Å². The fraction of sp³-hybridized carbons (Fsp3) is 0.545. The highest BCUT2D eigenvalue weighted by atomic mass is 16.4. The van der Waals surface area contributed by atoms with Crippen LogP contribution in [0.5, 0.6) is 0 Å². The van der Waals surface area contributed by atoms with Gasteiger partial charge in [0.2, 0.25) is 5.78 Å². The second-order valence-corrected chi connectivity index (χ2v) is 4.67. The molecular weight excluding hydrogens is 284 g/mol. The number of nitrogens with one attached hydrogen (secondary N) is 1. The number of nitrogens with zero attached hydrogens (tertiary/aromatic N) is 3. The van der Waals surface area contributed by atoms with Crippen molar-refractivity contribution in [3.8, 4) is 0 Å². The summed E-state index contributed by atoms with van der Waals surface area (Å²) in [5.41, 5.74) is 0.0157. The zero-order valence-corrected chi connectivity index (χ0v) is 11.1. The van der Waals surface area contributed by atoms with Crippen molar-refractivity contribution in [1.29, 1.82) is 0 Å². The quantitative estimate of drug-likeness (QED) is 0.336. The van der Waals surface area contributed by atoms with E-state index in [1.807, 2.05) is 0 Å². The van der Waals surface area contributed by atoms with E-state index in [-0.39, 0.29) is 11.6 Å². The van der Waals surface area contributed by atoms with Crippen LogP contribution in [0.3, 0.4) is 0 Å². The highest BCUT2D eigenvalue weighted by Crippen LogP contribution is 2.19. The molecule has 4 atom stereocenters. The third kappa shape index (κ3) is 2.80. The molecule has 0 unspecified atom stereocenters. The minimum absolute atomic E-state index is 0.0680. The summed E-state index contributed by atoms with van der Waals surface area (Å²) in [5.74, 6) is -0.0473. The molecule has 2 aromatic rings. The maximum Gasteiger partial charge on any atom is 0.252 e. The van der Waals surface area contributed by atoms with Crippen molar-refractivity contribution in [1.82, 2.24) is 19.6 Å². The molecule has 10 nitrogen and oxygen atoms in total. The van der Waals surface area contributed by atoms with Crippen molar-refractivity contribution in [2.75, 3.05) is 6.61 Å². The number of hydrogen-bond acceptors (Lipinski definition) is 8. The molecule has 10 heteroatoms. The molecule has 6 N–H and O–H groups in total. The van der Waals surface area contributed by atoms with Crippen LogP contribution in [0.4, 0.5) is 0 Å². The molecule has 0 saturated carbocycles. The molecule has 116 valence electrons. The van der Waals surface area contributed by atoms with Crippen molar-refractivity contribution in [2.24, 2.45) is 0 Å². The Kier molecular flexibility index (Phi) is 4.34. The Labute approximate surface area is 117 Å². The molecule has 0 radical (unpaired) electrons. The van der Waals surface area contributed by atoms with Crippen molar-refractivity contribution in [3.63, 3.8) is 0 Å². The van der Waals surface area contributed by atoms with Gasteiger partial charge in [-0.2, -0.15) is 0 Å². The average molecular weight is 300 g/mol. The van der Waals surface area contributed by atoms with E-state index < -0.39 is 36.6 Å². The van der Waals surface area contributed by atoms with E-state index >= 15 is 0 Å². The first-order chi connectivity index (χ1) is 9.86. The number of hydrogen-bond donors (Lipinski definition) is 6. The summed E-state index contributed by atoms with van der Waals surface area (Å²) in [6.07, 6.45) is -6.87. The largest absolute Gasteiger partial charge is 0.394 e. The predicted octanol–water partition coefficient (Wildman–Crippen LogP) is -3.17. The molecule has 2 heterocycles. The number of aliphatic hydroxyl groups excluding tert-OH is 5. The van der Waals surface area contributed by atoms with Crippen molar-refractivity contribution >= 4 is 5.78 Å². The molecule has 0 spiro atoms. The lowest BCUT2D eigenvalue weighted by atomic mass is 10.0. The second kappa shape index (κ2) is 5.87. The zero-order chi connectivity index (χ0) is 15.7. The predicted molar refractivity (Wildman–Crippen MR) is 68.4 cm³/mol. The SMILES string of the molecule is Cc1cc(=O)[nH]c2nnc([C@H](O)[C@@H](O)[C@@H](O)[C@H](O)CO)n12. The fourth-order valence-corrected chi connectivity index (χ4v) is 1.99. The average Bonchev–Trinajstić information content (AvgIpc) is 2.87. The topological polar surface area (TPSA) is 164 Å². The van der Waals surface area contributed by atoms with Gasteiger partial charge in [0.1, 0.15) is 24.4 Å². The monoisotopic (exact) mass is 300 g/mol. The first-order valence-corrected chi connectivity index (χ1v) is 6.15. The Balaban J connectivity index is 2.40. The van der Waals surface area contributed by atoms with Crippen LogP contribution >= 0.6 is 0 Å². The number of aryl methyl sites for hydroxylation is 1. The van der Waals surface area contributed by atoms with Crippen LogP contribution in [0.2, 0.25) is 0 Å². The fourth-order valence-electron chi connectivity index (χ4n) is 1.99. The van der Waals surface area contributed by atoms with Crippen LogP contribution in [0.1, 0.15) is 17.6 Å². The summed E-state index contributed by atoms with van der Waals surface area (Å²) in [4.78, 5) is 13.7. The Morgan fingerprint density at radius 2 is 1.90 bits per heavy atom. The molecular formula is C11H16N4O6. The number of H-pyrrole nitrogens is 1. The minimum atomic E-state index is -1.80. The number of rotatable bonds is 5. The normalized spacial score (nSPS) is 17.6. The number of fused-ring (bicyclic) bond motifs is 1. The molecule has 0 aliphatic carbocycles. The Morgan fingerprint density at radius 1 is 1.24 bits per heavy atom. The van der Waals surface area contributed by atoms with Gasteiger partial charge < -0.3 is 25.5 Å². The molecule has 0 saturated heterocycles. The van der Waals surface area contributed by atoms with E-state index in [1.54, 1.807) is 6.92 Å². The molecule has 0 amide bonds. The van der Waals surface area contributed by atoms with Gasteiger partial charge in [0.15, 0.2) is 5.82 Å². The highest BCUT2D eigenvalue weighted by Gasteiger charge is 2.33. The lowest BCUT2D eigenvalue weighted by molar-refractivity contribution is -0.118.